The number of nitrogens with one attached hydrogen (secondary N) is 1. The molecular formula is C19H12F3N5O2S. The number of rotatable bonds is 4. The van der Waals surface area contributed by atoms with Crippen LogP contribution in [0.2, 0.25) is 0 Å². The molecule has 4 aromatic rings. The van der Waals surface area contributed by atoms with E-state index in [-0.39, 0.29) is 10.4 Å². The molecule has 11 heteroatoms. The molecule has 1 amide bonds. The van der Waals surface area contributed by atoms with E-state index in [9.17, 15) is 22.8 Å². The van der Waals surface area contributed by atoms with Crippen molar-refractivity contribution in [3.8, 4) is 11.3 Å². The van der Waals surface area contributed by atoms with Gasteiger partial charge >= 0.3 is 6.18 Å². The lowest BCUT2D eigenvalue weighted by Crippen LogP contribution is -2.28. The zero-order valence-electron chi connectivity index (χ0n) is 15.1. The third-order valence-corrected chi connectivity index (χ3v) is 5.05. The highest BCUT2D eigenvalue weighted by Gasteiger charge is 2.33. The van der Waals surface area contributed by atoms with Crippen LogP contribution in [-0.4, -0.2) is 24.8 Å². The lowest BCUT2D eigenvalue weighted by Gasteiger charge is -2.13. The number of halogens is 3. The SMILES string of the molecule is O=C(Cn1cnc2c(-c3ccncc3)nsc2c1=O)Nc1ccccc1C(F)(F)F. The second-order valence-electron chi connectivity index (χ2n) is 6.21. The molecule has 0 unspecified atom stereocenters. The van der Waals surface area contributed by atoms with Crippen molar-refractivity contribution in [3.63, 3.8) is 0 Å². The Kier molecular flexibility index (Phi) is 5.04. The number of alkyl halides is 3. The molecule has 0 aliphatic rings. The van der Waals surface area contributed by atoms with Crippen molar-refractivity contribution in [1.82, 2.24) is 18.9 Å². The summed E-state index contributed by atoms with van der Waals surface area (Å²) in [6, 6.07) is 8.08. The Morgan fingerprint density at radius 3 is 2.60 bits per heavy atom. The Balaban J connectivity index is 1.60. The third kappa shape index (κ3) is 3.79. The highest BCUT2D eigenvalue weighted by atomic mass is 32.1. The quantitative estimate of drug-likeness (QED) is 0.534. The molecule has 3 heterocycles. The van der Waals surface area contributed by atoms with Crippen LogP contribution in [0.5, 0.6) is 0 Å². The molecule has 0 saturated heterocycles. The zero-order chi connectivity index (χ0) is 21.3. The summed E-state index contributed by atoms with van der Waals surface area (Å²) in [4.78, 5) is 33.2. The summed E-state index contributed by atoms with van der Waals surface area (Å²) < 4.78 is 44.8. The van der Waals surface area contributed by atoms with Gasteiger partial charge in [-0.2, -0.15) is 17.5 Å². The first-order valence-electron chi connectivity index (χ1n) is 8.56. The van der Waals surface area contributed by atoms with Gasteiger partial charge in [-0.3, -0.25) is 19.1 Å². The van der Waals surface area contributed by atoms with Gasteiger partial charge in [-0.15, -0.1) is 0 Å². The molecule has 0 fully saturated rings. The summed E-state index contributed by atoms with van der Waals surface area (Å²) in [6.07, 6.45) is -0.262. The molecule has 7 nitrogen and oxygen atoms in total. The normalized spacial score (nSPS) is 11.6. The van der Waals surface area contributed by atoms with Gasteiger partial charge in [0.2, 0.25) is 5.91 Å². The maximum atomic E-state index is 13.1. The topological polar surface area (TPSA) is 89.8 Å². The molecule has 0 radical (unpaired) electrons. The first kappa shape index (κ1) is 19.7. The number of carbonyl (C=O) groups excluding carboxylic acids is 1. The zero-order valence-corrected chi connectivity index (χ0v) is 15.9. The van der Waals surface area contributed by atoms with Gasteiger partial charge < -0.3 is 5.32 Å². The van der Waals surface area contributed by atoms with E-state index < -0.39 is 29.8 Å². The fourth-order valence-corrected chi connectivity index (χ4v) is 3.66. The summed E-state index contributed by atoms with van der Waals surface area (Å²) in [7, 11) is 0. The highest BCUT2D eigenvalue weighted by molar-refractivity contribution is 7.13. The molecule has 4 rings (SSSR count). The molecule has 0 saturated carbocycles. The fraction of sp³-hybridized carbons (Fsp3) is 0.105. The lowest BCUT2D eigenvalue weighted by atomic mass is 10.1. The van der Waals surface area contributed by atoms with E-state index in [4.69, 9.17) is 0 Å². The molecule has 30 heavy (non-hydrogen) atoms. The Bertz CT molecular complexity index is 1280. The number of hydrogen-bond acceptors (Lipinski definition) is 6. The van der Waals surface area contributed by atoms with Crippen LogP contribution in [0.3, 0.4) is 0 Å². The number of anilines is 1. The van der Waals surface area contributed by atoms with Crippen LogP contribution in [0.15, 0.2) is 59.9 Å². The number of pyridine rings is 1. The van der Waals surface area contributed by atoms with E-state index in [1.165, 1.54) is 18.5 Å². The van der Waals surface area contributed by atoms with Crippen molar-refractivity contribution in [2.24, 2.45) is 0 Å². The second kappa shape index (κ2) is 7.67. The smallest absolute Gasteiger partial charge is 0.324 e. The Morgan fingerprint density at radius 2 is 1.87 bits per heavy atom. The minimum absolute atomic E-state index is 0.243. The predicted molar refractivity (Wildman–Crippen MR) is 105 cm³/mol. The molecule has 0 bridgehead atoms. The van der Waals surface area contributed by atoms with E-state index in [0.717, 1.165) is 33.8 Å². The number of aromatic nitrogens is 4. The Hall–Kier alpha value is -3.60. The monoisotopic (exact) mass is 431 g/mol. The minimum atomic E-state index is -4.62. The number of hydrogen-bond donors (Lipinski definition) is 1. The van der Waals surface area contributed by atoms with Gasteiger partial charge in [0.15, 0.2) is 0 Å². The van der Waals surface area contributed by atoms with E-state index in [0.29, 0.717) is 11.2 Å². The molecule has 3 aromatic heterocycles. The first-order chi connectivity index (χ1) is 14.3. The maximum Gasteiger partial charge on any atom is 0.418 e. The minimum Gasteiger partial charge on any atom is -0.324 e. The molecule has 0 aliphatic heterocycles. The summed E-state index contributed by atoms with van der Waals surface area (Å²) in [5.41, 5.74) is -0.210. The predicted octanol–water partition coefficient (Wildman–Crippen LogP) is 3.57. The average Bonchev–Trinajstić information content (AvgIpc) is 3.15. The Morgan fingerprint density at radius 1 is 1.13 bits per heavy atom. The van der Waals surface area contributed by atoms with Crippen LogP contribution in [0.1, 0.15) is 5.56 Å². The maximum absolute atomic E-state index is 13.1. The van der Waals surface area contributed by atoms with Crippen LogP contribution >= 0.6 is 11.5 Å². The van der Waals surface area contributed by atoms with Gasteiger partial charge in [-0.1, -0.05) is 12.1 Å². The molecule has 152 valence electrons. The summed E-state index contributed by atoms with van der Waals surface area (Å²) in [5, 5.41) is 2.21. The molecule has 0 atom stereocenters. The van der Waals surface area contributed by atoms with Gasteiger partial charge in [0.05, 0.1) is 17.6 Å². The molecule has 0 spiro atoms. The molecule has 0 aliphatic carbocycles. The lowest BCUT2D eigenvalue weighted by molar-refractivity contribution is -0.137. The van der Waals surface area contributed by atoms with Crippen molar-refractivity contribution >= 4 is 33.3 Å². The van der Waals surface area contributed by atoms with Gasteiger partial charge in [0.1, 0.15) is 22.5 Å². The first-order valence-corrected chi connectivity index (χ1v) is 9.33. The summed E-state index contributed by atoms with van der Waals surface area (Å²) >= 11 is 0.940. The van der Waals surface area contributed by atoms with Crippen LogP contribution in [-0.2, 0) is 17.5 Å². The van der Waals surface area contributed by atoms with E-state index in [2.05, 4.69) is 19.7 Å². The van der Waals surface area contributed by atoms with Gasteiger partial charge in [-0.05, 0) is 35.8 Å². The van der Waals surface area contributed by atoms with Crippen molar-refractivity contribution in [3.05, 3.63) is 71.0 Å². The largest absolute Gasteiger partial charge is 0.418 e. The van der Waals surface area contributed by atoms with E-state index in [1.807, 2.05) is 0 Å². The summed E-state index contributed by atoms with van der Waals surface area (Å²) in [6.45, 7) is -0.490. The number of fused-ring (bicyclic) bond motifs is 1. The van der Waals surface area contributed by atoms with E-state index in [1.54, 1.807) is 24.5 Å². The van der Waals surface area contributed by atoms with Crippen LogP contribution in [0.25, 0.3) is 21.5 Å². The van der Waals surface area contributed by atoms with E-state index >= 15 is 0 Å². The molecule has 1 N–H and O–H groups in total. The highest BCUT2D eigenvalue weighted by Crippen LogP contribution is 2.34. The molecular weight excluding hydrogens is 419 g/mol. The number of para-hydroxylation sites is 1. The van der Waals surface area contributed by atoms with Crippen LogP contribution < -0.4 is 10.9 Å². The van der Waals surface area contributed by atoms with Crippen LogP contribution in [0, 0.1) is 0 Å². The van der Waals surface area contributed by atoms with Crippen molar-refractivity contribution in [2.45, 2.75) is 12.7 Å². The van der Waals surface area contributed by atoms with Crippen LogP contribution in [0.4, 0.5) is 18.9 Å². The number of benzene rings is 1. The van der Waals surface area contributed by atoms with Crippen molar-refractivity contribution in [2.75, 3.05) is 5.32 Å². The van der Waals surface area contributed by atoms with Gasteiger partial charge in [0, 0.05) is 18.0 Å². The summed E-state index contributed by atoms with van der Waals surface area (Å²) in [5.74, 6) is -0.783. The Labute approximate surface area is 171 Å². The number of nitrogens with zero attached hydrogens (tertiary/aromatic N) is 4. The third-order valence-electron chi connectivity index (χ3n) is 4.22. The van der Waals surface area contributed by atoms with Gasteiger partial charge in [0.25, 0.3) is 5.56 Å². The van der Waals surface area contributed by atoms with Crippen molar-refractivity contribution in [1.29, 1.82) is 0 Å². The average molecular weight is 431 g/mol. The molecule has 1 aromatic carbocycles. The number of amides is 1. The number of carbonyl (C=O) groups is 1. The van der Waals surface area contributed by atoms with Gasteiger partial charge in [-0.25, -0.2) is 4.98 Å². The van der Waals surface area contributed by atoms with Crippen molar-refractivity contribution < 1.29 is 18.0 Å². The standard InChI is InChI=1S/C19H12F3N5O2S/c20-19(21,22)12-3-1-2-4-13(12)25-14(28)9-27-10-24-16-15(11-5-7-23-8-6-11)26-30-17(16)18(27)29/h1-8,10H,9H2,(H,25,28). The fourth-order valence-electron chi connectivity index (χ4n) is 2.85. The second-order valence-corrected chi connectivity index (χ2v) is 6.99.